The maximum Gasteiger partial charge on any atom is 0.269 e. The molecular weight excluding hydrogens is 455 g/mol. The van der Waals surface area contributed by atoms with Gasteiger partial charge in [0.15, 0.2) is 5.16 Å². The van der Waals surface area contributed by atoms with Crippen molar-refractivity contribution in [1.29, 1.82) is 0 Å². The van der Waals surface area contributed by atoms with Crippen molar-refractivity contribution in [3.63, 3.8) is 0 Å². The van der Waals surface area contributed by atoms with Crippen molar-refractivity contribution in [2.24, 2.45) is 0 Å². The van der Waals surface area contributed by atoms with E-state index < -0.39 is 17.6 Å². The van der Waals surface area contributed by atoms with Gasteiger partial charge in [-0.3, -0.25) is 29.8 Å². The van der Waals surface area contributed by atoms with Crippen molar-refractivity contribution < 1.29 is 14.0 Å². The summed E-state index contributed by atoms with van der Waals surface area (Å²) in [5.74, 6) is -1.63. The van der Waals surface area contributed by atoms with Gasteiger partial charge in [0.05, 0.1) is 22.3 Å². The van der Waals surface area contributed by atoms with Gasteiger partial charge in [0.1, 0.15) is 5.82 Å². The molecule has 2 N–H and O–H groups in total. The summed E-state index contributed by atoms with van der Waals surface area (Å²) in [5.41, 5.74) is 7.77. The van der Waals surface area contributed by atoms with Crippen molar-refractivity contribution >= 4 is 34.5 Å². The molecule has 9 heteroatoms. The van der Waals surface area contributed by atoms with Gasteiger partial charge in [0, 0.05) is 5.56 Å². The Kier molecular flexibility index (Phi) is 6.74. The Balaban J connectivity index is 1.57. The van der Waals surface area contributed by atoms with Crippen molar-refractivity contribution in [2.45, 2.75) is 19.0 Å². The molecule has 34 heavy (non-hydrogen) atoms. The maximum absolute atomic E-state index is 13.4. The highest BCUT2D eigenvalue weighted by Gasteiger charge is 2.17. The fourth-order valence-corrected chi connectivity index (χ4v) is 4.17. The Bertz CT molecular complexity index is 1450. The summed E-state index contributed by atoms with van der Waals surface area (Å²) in [6.07, 6.45) is 0. The first-order chi connectivity index (χ1) is 16.3. The molecule has 2 amide bonds. The van der Waals surface area contributed by atoms with E-state index in [9.17, 15) is 18.8 Å². The lowest BCUT2D eigenvalue weighted by Crippen LogP contribution is -2.42. The maximum atomic E-state index is 13.4. The second kappa shape index (κ2) is 9.88. The van der Waals surface area contributed by atoms with E-state index in [0.717, 1.165) is 35.0 Å². The van der Waals surface area contributed by atoms with Gasteiger partial charge in [0.25, 0.3) is 11.5 Å². The van der Waals surface area contributed by atoms with Crippen LogP contribution in [0.4, 0.5) is 4.39 Å². The smallest absolute Gasteiger partial charge is 0.269 e. The number of para-hydroxylation sites is 1. The van der Waals surface area contributed by atoms with Crippen LogP contribution in [0.3, 0.4) is 0 Å². The van der Waals surface area contributed by atoms with E-state index in [1.807, 2.05) is 32.0 Å². The number of benzene rings is 3. The van der Waals surface area contributed by atoms with Crippen LogP contribution in [0, 0.1) is 19.7 Å². The zero-order valence-electron chi connectivity index (χ0n) is 18.5. The zero-order valence-corrected chi connectivity index (χ0v) is 19.3. The fraction of sp³-hybridized carbons (Fsp3) is 0.120. The van der Waals surface area contributed by atoms with Crippen LogP contribution in [0.1, 0.15) is 21.5 Å². The number of hydrazine groups is 1. The second-order valence-electron chi connectivity index (χ2n) is 7.57. The average molecular weight is 477 g/mol. The Morgan fingerprint density at radius 2 is 1.71 bits per heavy atom. The lowest BCUT2D eigenvalue weighted by atomic mass is 10.1. The van der Waals surface area contributed by atoms with Gasteiger partial charge in [0.2, 0.25) is 5.91 Å². The van der Waals surface area contributed by atoms with Crippen LogP contribution in [0.2, 0.25) is 0 Å². The third-order valence-electron chi connectivity index (χ3n) is 5.32. The third kappa shape index (κ3) is 4.84. The standard InChI is InChI=1S/C25H21FN4O3S/c1-15-6-5-9-21(16(15)2)30-24(33)19-7-3-4-8-20(19)27-25(30)34-14-22(31)28-29-23(32)17-10-12-18(26)13-11-17/h3-13H,14H2,1-2H3,(H,28,31)(H,29,32). The van der Waals surface area contributed by atoms with Crippen LogP contribution in [-0.4, -0.2) is 27.1 Å². The number of thioether (sulfide) groups is 1. The highest BCUT2D eigenvalue weighted by molar-refractivity contribution is 7.99. The fourth-order valence-electron chi connectivity index (χ4n) is 3.37. The van der Waals surface area contributed by atoms with Crippen molar-refractivity contribution in [1.82, 2.24) is 20.4 Å². The lowest BCUT2D eigenvalue weighted by Gasteiger charge is -2.16. The van der Waals surface area contributed by atoms with Crippen molar-refractivity contribution in [2.75, 3.05) is 5.75 Å². The number of aryl methyl sites for hydroxylation is 1. The van der Waals surface area contributed by atoms with Gasteiger partial charge in [-0.15, -0.1) is 0 Å². The second-order valence-corrected chi connectivity index (χ2v) is 8.51. The molecule has 1 heterocycles. The van der Waals surface area contributed by atoms with Crippen LogP contribution in [0.25, 0.3) is 16.6 Å². The first kappa shape index (κ1) is 23.2. The molecule has 0 saturated carbocycles. The van der Waals surface area contributed by atoms with Gasteiger partial charge in [-0.25, -0.2) is 9.37 Å². The molecule has 0 unspecified atom stereocenters. The van der Waals surface area contributed by atoms with Gasteiger partial charge in [-0.1, -0.05) is 36.0 Å². The molecule has 0 radical (unpaired) electrons. The minimum absolute atomic E-state index is 0.0979. The molecule has 0 spiro atoms. The number of halogens is 1. The van der Waals surface area contributed by atoms with Crippen LogP contribution in [0.15, 0.2) is 76.7 Å². The van der Waals surface area contributed by atoms with Crippen LogP contribution >= 0.6 is 11.8 Å². The summed E-state index contributed by atoms with van der Waals surface area (Å²) in [6, 6.07) is 17.7. The minimum Gasteiger partial charge on any atom is -0.272 e. The Morgan fingerprint density at radius 1 is 0.971 bits per heavy atom. The molecule has 0 bridgehead atoms. The Morgan fingerprint density at radius 3 is 2.47 bits per heavy atom. The number of rotatable bonds is 5. The summed E-state index contributed by atoms with van der Waals surface area (Å²) >= 11 is 1.08. The molecule has 3 aromatic carbocycles. The molecule has 0 aliphatic heterocycles. The summed E-state index contributed by atoms with van der Waals surface area (Å²) < 4.78 is 14.5. The zero-order chi connectivity index (χ0) is 24.2. The number of carbonyl (C=O) groups is 2. The van der Waals surface area contributed by atoms with Gasteiger partial charge in [-0.2, -0.15) is 0 Å². The largest absolute Gasteiger partial charge is 0.272 e. The molecule has 0 fully saturated rings. The number of nitrogens with one attached hydrogen (secondary N) is 2. The molecule has 0 saturated heterocycles. The number of aromatic nitrogens is 2. The number of nitrogens with zero attached hydrogens (tertiary/aromatic N) is 2. The Labute approximate surface area is 199 Å². The molecule has 0 aliphatic rings. The summed E-state index contributed by atoms with van der Waals surface area (Å²) in [6.45, 7) is 3.89. The SMILES string of the molecule is Cc1cccc(-n2c(SCC(=O)NNC(=O)c3ccc(F)cc3)nc3ccccc3c2=O)c1C. The van der Waals surface area contributed by atoms with Gasteiger partial charge in [-0.05, 0) is 67.4 Å². The third-order valence-corrected chi connectivity index (χ3v) is 6.25. The predicted octanol–water partition coefficient (Wildman–Crippen LogP) is 3.69. The summed E-state index contributed by atoms with van der Waals surface area (Å²) in [4.78, 5) is 42.5. The predicted molar refractivity (Wildman–Crippen MR) is 130 cm³/mol. The van der Waals surface area contributed by atoms with Gasteiger partial charge >= 0.3 is 0 Å². The average Bonchev–Trinajstić information content (AvgIpc) is 2.84. The number of fused-ring (bicyclic) bond motifs is 1. The normalized spacial score (nSPS) is 10.8. The molecule has 1 aromatic heterocycles. The number of hydrogen-bond donors (Lipinski definition) is 2. The van der Waals surface area contributed by atoms with E-state index in [4.69, 9.17) is 0 Å². The monoisotopic (exact) mass is 476 g/mol. The van der Waals surface area contributed by atoms with E-state index in [1.54, 1.807) is 24.3 Å². The molecule has 0 atom stereocenters. The van der Waals surface area contributed by atoms with E-state index in [2.05, 4.69) is 15.8 Å². The molecule has 172 valence electrons. The lowest BCUT2D eigenvalue weighted by molar-refractivity contribution is -0.119. The first-order valence-electron chi connectivity index (χ1n) is 10.4. The number of carbonyl (C=O) groups excluding carboxylic acids is 2. The van der Waals surface area contributed by atoms with E-state index in [1.165, 1.54) is 16.7 Å². The quantitative estimate of drug-likeness (QED) is 0.260. The van der Waals surface area contributed by atoms with E-state index in [-0.39, 0.29) is 16.9 Å². The highest BCUT2D eigenvalue weighted by Crippen LogP contribution is 2.24. The first-order valence-corrected chi connectivity index (χ1v) is 11.4. The molecule has 4 aromatic rings. The molecular formula is C25H21FN4O3S. The van der Waals surface area contributed by atoms with Gasteiger partial charge < -0.3 is 0 Å². The summed E-state index contributed by atoms with van der Waals surface area (Å²) in [7, 11) is 0. The summed E-state index contributed by atoms with van der Waals surface area (Å²) in [5, 5.41) is 0.834. The number of amides is 2. The minimum atomic E-state index is -0.575. The van der Waals surface area contributed by atoms with Crippen molar-refractivity contribution in [3.05, 3.63) is 99.6 Å². The topological polar surface area (TPSA) is 93.1 Å². The molecule has 7 nitrogen and oxygen atoms in total. The van der Waals surface area contributed by atoms with Crippen LogP contribution < -0.4 is 16.4 Å². The van der Waals surface area contributed by atoms with E-state index >= 15 is 0 Å². The highest BCUT2D eigenvalue weighted by atomic mass is 32.2. The van der Waals surface area contributed by atoms with E-state index in [0.29, 0.717) is 21.7 Å². The Hall–Kier alpha value is -3.98. The molecule has 0 aliphatic carbocycles. The van der Waals surface area contributed by atoms with Crippen molar-refractivity contribution in [3.8, 4) is 5.69 Å². The van der Waals surface area contributed by atoms with Crippen LogP contribution in [-0.2, 0) is 4.79 Å². The number of hydrogen-bond acceptors (Lipinski definition) is 5. The molecule has 4 rings (SSSR count). The van der Waals surface area contributed by atoms with Crippen LogP contribution in [0.5, 0.6) is 0 Å².